The zero-order chi connectivity index (χ0) is 21.9. The molecular formula is C21H37N3O4. The lowest BCUT2D eigenvalue weighted by molar-refractivity contribution is -0.162. The van der Waals surface area contributed by atoms with Crippen LogP contribution in [-0.4, -0.2) is 43.1 Å². The number of hydrogen-bond donors (Lipinski definition) is 2. The van der Waals surface area contributed by atoms with Crippen molar-refractivity contribution < 1.29 is 19.1 Å². The first-order chi connectivity index (χ1) is 13.1. The molecule has 0 aliphatic carbocycles. The third kappa shape index (κ3) is 8.69. The van der Waals surface area contributed by atoms with Gasteiger partial charge in [0.05, 0.1) is 5.92 Å². The molecule has 3 atom stereocenters. The van der Waals surface area contributed by atoms with Gasteiger partial charge >= 0.3 is 5.97 Å². The van der Waals surface area contributed by atoms with Crippen LogP contribution in [0.3, 0.4) is 0 Å². The summed E-state index contributed by atoms with van der Waals surface area (Å²) in [6, 6.07) is -0.183. The Morgan fingerprint density at radius 2 is 1.93 bits per heavy atom. The molecule has 0 radical (unpaired) electrons. The molecule has 1 amide bonds. The Morgan fingerprint density at radius 1 is 1.32 bits per heavy atom. The van der Waals surface area contributed by atoms with E-state index < -0.39 is 23.8 Å². The van der Waals surface area contributed by atoms with Gasteiger partial charge in [-0.3, -0.25) is 4.79 Å². The summed E-state index contributed by atoms with van der Waals surface area (Å²) in [5, 5.41) is 6.00. The number of nitrogens with one attached hydrogen (secondary N) is 2. The Labute approximate surface area is 169 Å². The van der Waals surface area contributed by atoms with Crippen molar-refractivity contribution in [3.05, 3.63) is 24.6 Å². The molecule has 0 bridgehead atoms. The van der Waals surface area contributed by atoms with Crippen LogP contribution in [0.4, 0.5) is 0 Å². The van der Waals surface area contributed by atoms with Crippen molar-refractivity contribution in [2.45, 2.75) is 72.8 Å². The first kappa shape index (κ1) is 25.9. The Morgan fingerprint density at radius 3 is 2.36 bits per heavy atom. The molecule has 1 aliphatic rings. The number of rotatable bonds is 10. The Kier molecular flexibility index (Phi) is 11.4. The third-order valence-electron chi connectivity index (χ3n) is 3.84. The Bertz CT molecular complexity index is 570. The van der Waals surface area contributed by atoms with Crippen molar-refractivity contribution in [3.63, 3.8) is 0 Å². The lowest BCUT2D eigenvalue weighted by Crippen LogP contribution is -2.47. The molecule has 1 heterocycles. The van der Waals surface area contributed by atoms with Crippen molar-refractivity contribution in [1.29, 1.82) is 0 Å². The van der Waals surface area contributed by atoms with Gasteiger partial charge in [0.1, 0.15) is 5.82 Å². The smallest absolute Gasteiger partial charge is 0.338 e. The number of aliphatic imine (C=N–C) groups is 1. The highest BCUT2D eigenvalue weighted by Crippen LogP contribution is 2.31. The quantitative estimate of drug-likeness (QED) is 0.337. The van der Waals surface area contributed by atoms with Crippen LogP contribution in [0.5, 0.6) is 0 Å². The number of cyclic esters (lactones) is 1. The van der Waals surface area contributed by atoms with Gasteiger partial charge in [-0.25, -0.2) is 9.79 Å². The highest BCUT2D eigenvalue weighted by atomic mass is 16.8. The fraction of sp³-hybridized carbons (Fsp3) is 0.667. The van der Waals surface area contributed by atoms with E-state index in [0.717, 1.165) is 0 Å². The predicted octanol–water partition coefficient (Wildman–Crippen LogP) is 3.18. The van der Waals surface area contributed by atoms with E-state index in [9.17, 15) is 9.59 Å². The van der Waals surface area contributed by atoms with Crippen molar-refractivity contribution in [2.75, 3.05) is 6.54 Å². The van der Waals surface area contributed by atoms with E-state index in [4.69, 9.17) is 9.47 Å². The Hall–Kier alpha value is -2.15. The van der Waals surface area contributed by atoms with Crippen molar-refractivity contribution >= 4 is 18.6 Å². The first-order valence-corrected chi connectivity index (χ1v) is 9.84. The second-order valence-electron chi connectivity index (χ2n) is 7.33. The van der Waals surface area contributed by atoms with E-state index in [1.807, 2.05) is 34.6 Å². The molecular weight excluding hydrogens is 358 g/mol. The van der Waals surface area contributed by atoms with Crippen molar-refractivity contribution in [2.24, 2.45) is 16.8 Å². The SMILES string of the molecule is C=C/C=C(\N=C)NC[C@@H](C)NC(=O)[C@@H](CC(C)C)[C@@H]1OC(C)(C)OC1=O.CC. The second-order valence-corrected chi connectivity index (χ2v) is 7.33. The summed E-state index contributed by atoms with van der Waals surface area (Å²) in [7, 11) is 0. The minimum absolute atomic E-state index is 0.183. The number of hydrogen-bond acceptors (Lipinski definition) is 6. The summed E-state index contributed by atoms with van der Waals surface area (Å²) in [6.45, 7) is 20.7. The Balaban J connectivity index is 0.00000352. The number of amides is 1. The number of nitrogens with zero attached hydrogens (tertiary/aromatic N) is 1. The van der Waals surface area contributed by atoms with E-state index >= 15 is 0 Å². The van der Waals surface area contributed by atoms with E-state index in [1.54, 1.807) is 26.0 Å². The van der Waals surface area contributed by atoms with Gasteiger partial charge in [-0.2, -0.15) is 0 Å². The zero-order valence-corrected chi connectivity index (χ0v) is 18.4. The van der Waals surface area contributed by atoms with Crippen LogP contribution in [0.25, 0.3) is 0 Å². The number of allylic oxidation sites excluding steroid dienone is 2. The zero-order valence-electron chi connectivity index (χ0n) is 18.4. The standard InChI is InChI=1S/C19H31N3O4.C2H6/c1-8-9-15(20-7)21-11-13(4)22-17(23)14(10-12(2)3)16-18(24)26-19(5,6)25-16;1-2/h8-9,12-14,16,21H,1,7,10-11H2,2-6H3,(H,22,23);1-2H3/b15-9+;/t13-,14+,16+;/m1./s1. The molecule has 1 fully saturated rings. The fourth-order valence-electron chi connectivity index (χ4n) is 2.74. The predicted molar refractivity (Wildman–Crippen MR) is 113 cm³/mol. The van der Waals surface area contributed by atoms with Gasteiger partial charge in [-0.15, -0.1) is 0 Å². The van der Waals surface area contributed by atoms with Gasteiger partial charge in [0.2, 0.25) is 11.7 Å². The van der Waals surface area contributed by atoms with Crippen LogP contribution < -0.4 is 10.6 Å². The van der Waals surface area contributed by atoms with Crippen molar-refractivity contribution in [3.8, 4) is 0 Å². The third-order valence-corrected chi connectivity index (χ3v) is 3.84. The molecule has 0 aromatic carbocycles. The molecule has 0 unspecified atom stereocenters. The molecule has 1 rings (SSSR count). The summed E-state index contributed by atoms with van der Waals surface area (Å²) >= 11 is 0. The van der Waals surface area contributed by atoms with Gasteiger partial charge in [0.15, 0.2) is 6.10 Å². The maximum Gasteiger partial charge on any atom is 0.338 e. The van der Waals surface area contributed by atoms with Gasteiger partial charge < -0.3 is 20.1 Å². The summed E-state index contributed by atoms with van der Waals surface area (Å²) in [5.74, 6) is -1.53. The van der Waals surface area contributed by atoms with E-state index in [1.165, 1.54) is 0 Å². The molecule has 0 aromatic rings. The summed E-state index contributed by atoms with van der Waals surface area (Å²) in [6.07, 6.45) is 2.92. The second kappa shape index (κ2) is 12.3. The number of carbonyl (C=O) groups excluding carboxylic acids is 2. The molecule has 2 N–H and O–H groups in total. The van der Waals surface area contributed by atoms with E-state index in [0.29, 0.717) is 18.8 Å². The lowest BCUT2D eigenvalue weighted by atomic mass is 9.91. The molecule has 7 heteroatoms. The molecule has 7 nitrogen and oxygen atoms in total. The van der Waals surface area contributed by atoms with Gasteiger partial charge in [0, 0.05) is 26.4 Å². The minimum Gasteiger partial charge on any atom is -0.432 e. The largest absolute Gasteiger partial charge is 0.432 e. The maximum atomic E-state index is 12.8. The van der Waals surface area contributed by atoms with Crippen LogP contribution >= 0.6 is 0 Å². The average molecular weight is 396 g/mol. The molecule has 1 saturated heterocycles. The van der Waals surface area contributed by atoms with Gasteiger partial charge in [-0.1, -0.05) is 40.3 Å². The van der Waals surface area contributed by atoms with Crippen LogP contribution in [0.2, 0.25) is 0 Å². The molecule has 160 valence electrons. The van der Waals surface area contributed by atoms with Crippen LogP contribution in [0.15, 0.2) is 29.5 Å². The highest BCUT2D eigenvalue weighted by molar-refractivity contribution is 5.87. The number of esters is 1. The molecule has 1 aliphatic heterocycles. The lowest BCUT2D eigenvalue weighted by Gasteiger charge is -2.25. The first-order valence-electron chi connectivity index (χ1n) is 9.84. The topological polar surface area (TPSA) is 89.0 Å². The average Bonchev–Trinajstić information content (AvgIpc) is 2.90. The summed E-state index contributed by atoms with van der Waals surface area (Å²) in [5.41, 5.74) is 0. The molecule has 0 aromatic heterocycles. The summed E-state index contributed by atoms with van der Waals surface area (Å²) < 4.78 is 10.9. The van der Waals surface area contributed by atoms with E-state index in [-0.39, 0.29) is 17.9 Å². The van der Waals surface area contributed by atoms with Crippen LogP contribution in [0.1, 0.15) is 54.9 Å². The number of ether oxygens (including phenoxy) is 2. The van der Waals surface area contributed by atoms with Gasteiger partial charge in [0.25, 0.3) is 0 Å². The maximum absolute atomic E-state index is 12.8. The van der Waals surface area contributed by atoms with Crippen LogP contribution in [-0.2, 0) is 19.1 Å². The molecule has 0 spiro atoms. The molecule has 28 heavy (non-hydrogen) atoms. The normalized spacial score (nSPS) is 20.4. The molecule has 0 saturated carbocycles. The monoisotopic (exact) mass is 395 g/mol. The van der Waals surface area contributed by atoms with Crippen molar-refractivity contribution in [1.82, 2.24) is 10.6 Å². The van der Waals surface area contributed by atoms with Crippen LogP contribution in [0, 0.1) is 11.8 Å². The van der Waals surface area contributed by atoms with E-state index in [2.05, 4.69) is 28.9 Å². The minimum atomic E-state index is -1.01. The number of carbonyl (C=O) groups is 2. The summed E-state index contributed by atoms with van der Waals surface area (Å²) in [4.78, 5) is 28.8. The highest BCUT2D eigenvalue weighted by Gasteiger charge is 2.47. The van der Waals surface area contributed by atoms with Gasteiger partial charge in [-0.05, 0) is 32.1 Å². The fourth-order valence-corrected chi connectivity index (χ4v) is 2.74.